The van der Waals surface area contributed by atoms with Crippen LogP contribution in [0.25, 0.3) is 11.3 Å². The number of aromatic nitrogens is 2. The summed E-state index contributed by atoms with van der Waals surface area (Å²) in [4.78, 5) is 7.11. The number of aromatic amines is 1. The monoisotopic (exact) mass is 223 g/mol. The van der Waals surface area contributed by atoms with Crippen LogP contribution in [-0.2, 0) is 6.54 Å². The maximum Gasteiger partial charge on any atom is 0.159 e. The smallest absolute Gasteiger partial charge is 0.159 e. The van der Waals surface area contributed by atoms with Crippen molar-refractivity contribution in [3.8, 4) is 11.3 Å². The molecule has 0 atom stereocenters. The van der Waals surface area contributed by atoms with Gasteiger partial charge in [-0.3, -0.25) is 0 Å². The van der Waals surface area contributed by atoms with Gasteiger partial charge in [0.05, 0.1) is 18.4 Å². The molecule has 3 nitrogen and oxygen atoms in total. The molecule has 0 saturated carbocycles. The largest absolute Gasteiger partial charge is 0.341 e. The molecule has 0 aliphatic rings. The van der Waals surface area contributed by atoms with E-state index >= 15 is 0 Å². The van der Waals surface area contributed by atoms with Crippen LogP contribution < -0.4 is 5.32 Å². The Morgan fingerprint density at radius 2 is 2.12 bits per heavy atom. The number of hydrogen-bond acceptors (Lipinski definition) is 2. The van der Waals surface area contributed by atoms with Crippen molar-refractivity contribution < 1.29 is 8.78 Å². The number of benzene rings is 1. The molecule has 0 spiro atoms. The SMILES string of the molecule is CNCc1ncc(-c2ccc(F)c(F)c2)[nH]1. The summed E-state index contributed by atoms with van der Waals surface area (Å²) >= 11 is 0. The molecule has 2 N–H and O–H groups in total. The first-order valence-corrected chi connectivity index (χ1v) is 4.84. The van der Waals surface area contributed by atoms with Crippen LogP contribution in [0.5, 0.6) is 0 Å². The number of H-pyrrole nitrogens is 1. The molecular formula is C11H11F2N3. The zero-order chi connectivity index (χ0) is 11.5. The van der Waals surface area contributed by atoms with Gasteiger partial charge in [0.2, 0.25) is 0 Å². The minimum absolute atomic E-state index is 0.578. The first-order chi connectivity index (χ1) is 7.70. The second-order valence-corrected chi connectivity index (χ2v) is 3.40. The highest BCUT2D eigenvalue weighted by atomic mass is 19.2. The highest BCUT2D eigenvalue weighted by Gasteiger charge is 2.06. The minimum atomic E-state index is -0.859. The quantitative estimate of drug-likeness (QED) is 0.836. The van der Waals surface area contributed by atoms with Crippen LogP contribution >= 0.6 is 0 Å². The summed E-state index contributed by atoms with van der Waals surface area (Å²) in [5.41, 5.74) is 1.25. The molecule has 1 heterocycles. The number of nitrogens with zero attached hydrogens (tertiary/aromatic N) is 1. The van der Waals surface area contributed by atoms with Gasteiger partial charge in [-0.1, -0.05) is 0 Å². The van der Waals surface area contributed by atoms with E-state index in [1.165, 1.54) is 6.07 Å². The maximum absolute atomic E-state index is 13.0. The van der Waals surface area contributed by atoms with Crippen LogP contribution in [0.2, 0.25) is 0 Å². The molecule has 0 saturated heterocycles. The number of nitrogens with one attached hydrogen (secondary N) is 2. The second-order valence-electron chi connectivity index (χ2n) is 3.40. The van der Waals surface area contributed by atoms with Gasteiger partial charge in [-0.25, -0.2) is 13.8 Å². The van der Waals surface area contributed by atoms with E-state index in [0.29, 0.717) is 17.8 Å². The lowest BCUT2D eigenvalue weighted by atomic mass is 10.1. The van der Waals surface area contributed by atoms with Gasteiger partial charge in [0.1, 0.15) is 5.82 Å². The summed E-state index contributed by atoms with van der Waals surface area (Å²) in [6.45, 7) is 0.601. The minimum Gasteiger partial charge on any atom is -0.341 e. The van der Waals surface area contributed by atoms with Crippen LogP contribution in [0.1, 0.15) is 5.82 Å². The second kappa shape index (κ2) is 4.40. The summed E-state index contributed by atoms with van der Waals surface area (Å²) in [6, 6.07) is 3.75. The molecule has 16 heavy (non-hydrogen) atoms. The van der Waals surface area contributed by atoms with E-state index < -0.39 is 11.6 Å². The van der Waals surface area contributed by atoms with E-state index in [1.807, 2.05) is 0 Å². The highest BCUT2D eigenvalue weighted by molar-refractivity contribution is 5.58. The van der Waals surface area contributed by atoms with Gasteiger partial charge in [-0.05, 0) is 25.2 Å². The van der Waals surface area contributed by atoms with Gasteiger partial charge < -0.3 is 10.3 Å². The van der Waals surface area contributed by atoms with Gasteiger partial charge in [0.15, 0.2) is 11.6 Å². The predicted molar refractivity (Wildman–Crippen MR) is 56.7 cm³/mol. The van der Waals surface area contributed by atoms with Crippen molar-refractivity contribution in [1.82, 2.24) is 15.3 Å². The fraction of sp³-hybridized carbons (Fsp3) is 0.182. The maximum atomic E-state index is 13.0. The summed E-state index contributed by atoms with van der Waals surface area (Å²) in [5, 5.41) is 2.94. The van der Waals surface area contributed by atoms with Crippen LogP contribution in [0, 0.1) is 11.6 Å². The van der Waals surface area contributed by atoms with Gasteiger partial charge in [-0.2, -0.15) is 0 Å². The number of halogens is 2. The predicted octanol–water partition coefficient (Wildman–Crippen LogP) is 2.07. The lowest BCUT2D eigenvalue weighted by molar-refractivity contribution is 0.509. The molecule has 1 aromatic carbocycles. The Morgan fingerprint density at radius 3 is 2.81 bits per heavy atom. The molecule has 0 unspecified atom stereocenters. The standard InChI is InChI=1S/C11H11F2N3/c1-14-6-11-15-5-10(16-11)7-2-3-8(12)9(13)4-7/h2-5,14H,6H2,1H3,(H,15,16). The molecular weight excluding hydrogens is 212 g/mol. The Labute approximate surface area is 91.5 Å². The number of rotatable bonds is 3. The fourth-order valence-electron chi connectivity index (χ4n) is 1.43. The summed E-state index contributed by atoms with van der Waals surface area (Å²) in [5.74, 6) is -0.955. The van der Waals surface area contributed by atoms with Crippen LogP contribution in [-0.4, -0.2) is 17.0 Å². The molecule has 0 fully saturated rings. The Balaban J connectivity index is 2.31. The Kier molecular flexibility index (Phi) is 2.96. The fourth-order valence-corrected chi connectivity index (χ4v) is 1.43. The molecule has 1 aromatic heterocycles. The lowest BCUT2D eigenvalue weighted by Gasteiger charge is -1.98. The van der Waals surface area contributed by atoms with Crippen molar-refractivity contribution >= 4 is 0 Å². The first-order valence-electron chi connectivity index (χ1n) is 4.84. The molecule has 0 radical (unpaired) electrons. The van der Waals surface area contributed by atoms with Gasteiger partial charge in [0.25, 0.3) is 0 Å². The van der Waals surface area contributed by atoms with Crippen molar-refractivity contribution in [2.45, 2.75) is 6.54 Å². The molecule has 0 bridgehead atoms. The third kappa shape index (κ3) is 2.09. The van der Waals surface area contributed by atoms with Crippen LogP contribution in [0.4, 0.5) is 8.78 Å². The van der Waals surface area contributed by atoms with Crippen molar-refractivity contribution in [3.63, 3.8) is 0 Å². The topological polar surface area (TPSA) is 40.7 Å². The van der Waals surface area contributed by atoms with E-state index in [2.05, 4.69) is 15.3 Å². The van der Waals surface area contributed by atoms with Crippen molar-refractivity contribution in [1.29, 1.82) is 0 Å². The van der Waals surface area contributed by atoms with E-state index in [4.69, 9.17) is 0 Å². The third-order valence-electron chi connectivity index (χ3n) is 2.20. The van der Waals surface area contributed by atoms with Crippen molar-refractivity contribution in [3.05, 3.63) is 41.9 Å². The van der Waals surface area contributed by atoms with Gasteiger partial charge >= 0.3 is 0 Å². The lowest BCUT2D eigenvalue weighted by Crippen LogP contribution is -2.06. The summed E-state index contributed by atoms with van der Waals surface area (Å²) < 4.78 is 25.7. The number of hydrogen-bond donors (Lipinski definition) is 2. The zero-order valence-corrected chi connectivity index (χ0v) is 8.72. The van der Waals surface area contributed by atoms with E-state index in [0.717, 1.165) is 18.0 Å². The molecule has 2 rings (SSSR count). The van der Waals surface area contributed by atoms with Crippen molar-refractivity contribution in [2.24, 2.45) is 0 Å². The van der Waals surface area contributed by atoms with Crippen LogP contribution in [0.15, 0.2) is 24.4 Å². The average molecular weight is 223 g/mol. The summed E-state index contributed by atoms with van der Waals surface area (Å²) in [6.07, 6.45) is 1.60. The zero-order valence-electron chi connectivity index (χ0n) is 8.72. The van der Waals surface area contributed by atoms with Gasteiger partial charge in [0, 0.05) is 5.56 Å². The average Bonchev–Trinajstić information content (AvgIpc) is 2.71. The molecule has 84 valence electrons. The molecule has 0 amide bonds. The molecule has 5 heteroatoms. The van der Waals surface area contributed by atoms with Crippen LogP contribution in [0.3, 0.4) is 0 Å². The first kappa shape index (κ1) is 10.8. The Hall–Kier alpha value is -1.75. The normalized spacial score (nSPS) is 10.7. The van der Waals surface area contributed by atoms with E-state index in [1.54, 1.807) is 13.2 Å². The molecule has 0 aliphatic heterocycles. The molecule has 0 aliphatic carbocycles. The van der Waals surface area contributed by atoms with E-state index in [-0.39, 0.29) is 0 Å². The Bertz CT molecular complexity index is 494. The summed E-state index contributed by atoms with van der Waals surface area (Å²) in [7, 11) is 1.81. The van der Waals surface area contributed by atoms with Gasteiger partial charge in [-0.15, -0.1) is 0 Å². The van der Waals surface area contributed by atoms with E-state index in [9.17, 15) is 8.78 Å². The van der Waals surface area contributed by atoms with Crippen molar-refractivity contribution in [2.75, 3.05) is 7.05 Å². The number of imidazole rings is 1. The third-order valence-corrected chi connectivity index (χ3v) is 2.20. The highest BCUT2D eigenvalue weighted by Crippen LogP contribution is 2.19. The Morgan fingerprint density at radius 1 is 1.31 bits per heavy atom. The molecule has 2 aromatic rings.